The minimum Gasteiger partial charge on any atom is -0.364 e. The fraction of sp³-hybridized carbons (Fsp3) is 0.250. The van der Waals surface area contributed by atoms with E-state index in [1.807, 2.05) is 0 Å². The predicted octanol–water partition coefficient (Wildman–Crippen LogP) is 2.30. The lowest BCUT2D eigenvalue weighted by Gasteiger charge is -1.95. The van der Waals surface area contributed by atoms with Crippen molar-refractivity contribution in [1.29, 1.82) is 0 Å². The Bertz CT molecular complexity index is 593. The van der Waals surface area contributed by atoms with Gasteiger partial charge >= 0.3 is 0 Å². The molecule has 0 spiro atoms. The average Bonchev–Trinajstić information content (AvgIpc) is 2.81. The van der Waals surface area contributed by atoms with Crippen molar-refractivity contribution in [1.82, 2.24) is 10.1 Å². The molecule has 88 valence electrons. The van der Waals surface area contributed by atoms with Gasteiger partial charge in [0.1, 0.15) is 6.26 Å². The van der Waals surface area contributed by atoms with E-state index in [1.165, 1.54) is 13.2 Å². The quantitative estimate of drug-likeness (QED) is 0.650. The molecule has 5 heteroatoms. The molecule has 0 radical (unpaired) electrons. The summed E-state index contributed by atoms with van der Waals surface area (Å²) < 4.78 is 4.84. The van der Waals surface area contributed by atoms with Gasteiger partial charge in [0.25, 0.3) is 0 Å². The number of hydrogen-bond acceptors (Lipinski definition) is 4. The zero-order valence-electron chi connectivity index (χ0n) is 9.83. The topological polar surface area (TPSA) is 76.0 Å². The Kier molecular flexibility index (Phi) is 2.67. The molecule has 2 heterocycles. The molecule has 0 fully saturated rings. The number of ketones is 1. The summed E-state index contributed by atoms with van der Waals surface area (Å²) in [5, 5.41) is 3.76. The predicted molar refractivity (Wildman–Crippen MR) is 61.2 cm³/mol. The van der Waals surface area contributed by atoms with Gasteiger partial charge in [-0.3, -0.25) is 9.59 Å². The Morgan fingerprint density at radius 2 is 2.18 bits per heavy atom. The highest BCUT2D eigenvalue weighted by atomic mass is 16.5. The van der Waals surface area contributed by atoms with Crippen LogP contribution in [0.3, 0.4) is 0 Å². The van der Waals surface area contributed by atoms with E-state index in [0.29, 0.717) is 33.8 Å². The molecule has 0 aliphatic heterocycles. The van der Waals surface area contributed by atoms with Crippen LogP contribution < -0.4 is 0 Å². The molecule has 0 saturated heterocycles. The molecule has 2 rings (SSSR count). The molecule has 2 aromatic heterocycles. The highest BCUT2D eigenvalue weighted by Gasteiger charge is 2.19. The van der Waals surface area contributed by atoms with Gasteiger partial charge in [-0.1, -0.05) is 5.16 Å². The van der Waals surface area contributed by atoms with E-state index in [-0.39, 0.29) is 5.78 Å². The number of aryl methyl sites for hydroxylation is 1. The normalized spacial score (nSPS) is 10.5. The Morgan fingerprint density at radius 1 is 1.47 bits per heavy atom. The van der Waals surface area contributed by atoms with Crippen LogP contribution in [0.25, 0.3) is 11.3 Å². The Balaban J connectivity index is 2.70. The van der Waals surface area contributed by atoms with E-state index in [0.717, 1.165) is 6.29 Å². The molecule has 17 heavy (non-hydrogen) atoms. The zero-order chi connectivity index (χ0) is 12.6. The number of carbonyl (C=O) groups excluding carboxylic acids is 2. The van der Waals surface area contributed by atoms with Gasteiger partial charge in [0, 0.05) is 12.5 Å². The molecule has 2 aromatic rings. The number of carbonyl (C=O) groups is 2. The number of nitrogens with one attached hydrogen (secondary N) is 1. The molecule has 0 aliphatic rings. The maximum atomic E-state index is 11.4. The van der Waals surface area contributed by atoms with Gasteiger partial charge in [-0.25, -0.2) is 0 Å². The third-order valence-corrected chi connectivity index (χ3v) is 2.79. The summed E-state index contributed by atoms with van der Waals surface area (Å²) in [6.45, 7) is 4.97. The maximum Gasteiger partial charge on any atom is 0.176 e. The van der Waals surface area contributed by atoms with Crippen molar-refractivity contribution in [3.05, 3.63) is 28.8 Å². The minimum absolute atomic E-state index is 0.106. The molecular weight excluding hydrogens is 220 g/mol. The number of aromatic nitrogens is 2. The molecule has 0 aromatic carbocycles. The number of aldehydes is 1. The maximum absolute atomic E-state index is 11.4. The van der Waals surface area contributed by atoms with Gasteiger partial charge in [-0.05, 0) is 19.4 Å². The standard InChI is InChI=1S/C12H12N2O3/c1-6-9(4-15)12(13-11(6)8(3)16)10-5-17-14-7(10)2/h4-5,13H,1-3H3. The van der Waals surface area contributed by atoms with Crippen molar-refractivity contribution < 1.29 is 14.1 Å². The van der Waals surface area contributed by atoms with Crippen LogP contribution in [0.5, 0.6) is 0 Å². The van der Waals surface area contributed by atoms with Crippen LogP contribution in [0, 0.1) is 13.8 Å². The summed E-state index contributed by atoms with van der Waals surface area (Å²) in [5.74, 6) is -0.106. The van der Waals surface area contributed by atoms with Gasteiger partial charge in [-0.15, -0.1) is 0 Å². The molecule has 0 bridgehead atoms. The molecule has 0 atom stereocenters. The van der Waals surface area contributed by atoms with Crippen molar-refractivity contribution in [3.8, 4) is 11.3 Å². The van der Waals surface area contributed by atoms with E-state index in [1.54, 1.807) is 13.8 Å². The van der Waals surface area contributed by atoms with Gasteiger partial charge < -0.3 is 9.51 Å². The van der Waals surface area contributed by atoms with E-state index < -0.39 is 0 Å². The van der Waals surface area contributed by atoms with Crippen LogP contribution in [0.4, 0.5) is 0 Å². The van der Waals surface area contributed by atoms with E-state index in [9.17, 15) is 9.59 Å². The van der Waals surface area contributed by atoms with E-state index in [4.69, 9.17) is 4.52 Å². The van der Waals surface area contributed by atoms with E-state index in [2.05, 4.69) is 10.1 Å². The first-order valence-electron chi connectivity index (χ1n) is 5.16. The molecule has 0 unspecified atom stereocenters. The molecule has 5 nitrogen and oxygen atoms in total. The molecule has 0 saturated carbocycles. The van der Waals surface area contributed by atoms with Crippen LogP contribution >= 0.6 is 0 Å². The van der Waals surface area contributed by atoms with E-state index >= 15 is 0 Å². The Hall–Kier alpha value is -2.17. The Labute approximate surface area is 97.8 Å². The average molecular weight is 232 g/mol. The van der Waals surface area contributed by atoms with Gasteiger partial charge in [-0.2, -0.15) is 0 Å². The molecule has 0 aliphatic carbocycles. The summed E-state index contributed by atoms with van der Waals surface area (Å²) >= 11 is 0. The van der Waals surface area contributed by atoms with Crippen LogP contribution in [0.1, 0.15) is 39.0 Å². The van der Waals surface area contributed by atoms with Crippen molar-refractivity contribution in [2.75, 3.05) is 0 Å². The summed E-state index contributed by atoms with van der Waals surface area (Å²) in [6, 6.07) is 0. The van der Waals surface area contributed by atoms with Crippen LogP contribution in [0.15, 0.2) is 10.8 Å². The second kappa shape index (κ2) is 4.01. The summed E-state index contributed by atoms with van der Waals surface area (Å²) in [6.07, 6.45) is 2.19. The number of hydrogen-bond donors (Lipinski definition) is 1. The number of H-pyrrole nitrogens is 1. The summed E-state index contributed by atoms with van der Waals surface area (Å²) in [5.41, 5.74) is 3.53. The first-order chi connectivity index (χ1) is 8.06. The first-order valence-corrected chi connectivity index (χ1v) is 5.16. The SMILES string of the molecule is CC(=O)c1[nH]c(-c2conc2C)c(C=O)c1C. The number of rotatable bonds is 3. The fourth-order valence-corrected chi connectivity index (χ4v) is 1.85. The Morgan fingerprint density at radius 3 is 2.65 bits per heavy atom. The third-order valence-electron chi connectivity index (χ3n) is 2.79. The highest BCUT2D eigenvalue weighted by Crippen LogP contribution is 2.28. The van der Waals surface area contributed by atoms with Crippen molar-refractivity contribution in [2.45, 2.75) is 20.8 Å². The first kappa shape index (κ1) is 11.3. The number of aromatic amines is 1. The summed E-state index contributed by atoms with van der Waals surface area (Å²) in [4.78, 5) is 25.5. The largest absolute Gasteiger partial charge is 0.364 e. The number of nitrogens with zero attached hydrogens (tertiary/aromatic N) is 1. The second-order valence-corrected chi connectivity index (χ2v) is 3.90. The number of Topliss-reactive ketones (excluding diaryl/α,β-unsaturated/α-hetero) is 1. The van der Waals surface area contributed by atoms with Gasteiger partial charge in [0.15, 0.2) is 12.1 Å². The lowest BCUT2D eigenvalue weighted by Crippen LogP contribution is -1.94. The second-order valence-electron chi connectivity index (χ2n) is 3.90. The fourth-order valence-electron chi connectivity index (χ4n) is 1.85. The lowest BCUT2D eigenvalue weighted by molar-refractivity contribution is 0.101. The molecule has 1 N–H and O–H groups in total. The molecular formula is C12H12N2O3. The third kappa shape index (κ3) is 1.69. The minimum atomic E-state index is -0.106. The van der Waals surface area contributed by atoms with Crippen molar-refractivity contribution >= 4 is 12.1 Å². The lowest BCUT2D eigenvalue weighted by atomic mass is 10.1. The van der Waals surface area contributed by atoms with Crippen molar-refractivity contribution in [3.63, 3.8) is 0 Å². The van der Waals surface area contributed by atoms with Crippen LogP contribution in [-0.2, 0) is 0 Å². The van der Waals surface area contributed by atoms with Gasteiger partial charge in [0.2, 0.25) is 0 Å². The highest BCUT2D eigenvalue weighted by molar-refractivity contribution is 6.00. The van der Waals surface area contributed by atoms with Crippen molar-refractivity contribution in [2.24, 2.45) is 0 Å². The monoisotopic (exact) mass is 232 g/mol. The van der Waals surface area contributed by atoms with Crippen LogP contribution in [0.2, 0.25) is 0 Å². The van der Waals surface area contributed by atoms with Crippen LogP contribution in [-0.4, -0.2) is 22.2 Å². The molecule has 0 amide bonds. The zero-order valence-corrected chi connectivity index (χ0v) is 9.83. The smallest absolute Gasteiger partial charge is 0.176 e. The van der Waals surface area contributed by atoms with Gasteiger partial charge in [0.05, 0.1) is 22.6 Å². The summed E-state index contributed by atoms with van der Waals surface area (Å²) in [7, 11) is 0.